The molecule has 0 aliphatic heterocycles. The number of halogens is 4. The van der Waals surface area contributed by atoms with E-state index in [1.807, 2.05) is 0 Å². The number of hydrogen-bond acceptors (Lipinski definition) is 4. The molecule has 0 atom stereocenters. The maximum absolute atomic E-state index is 12.6. The van der Waals surface area contributed by atoms with Gasteiger partial charge in [-0.2, -0.15) is 13.2 Å². The van der Waals surface area contributed by atoms with Crippen LogP contribution >= 0.6 is 22.9 Å². The number of nitrogens with one attached hydrogen (secondary N) is 1. The van der Waals surface area contributed by atoms with Crippen molar-refractivity contribution in [1.29, 1.82) is 0 Å². The predicted octanol–water partition coefficient (Wildman–Crippen LogP) is 4.94. The molecule has 1 aromatic carbocycles. The van der Waals surface area contributed by atoms with Gasteiger partial charge in [0.2, 0.25) is 0 Å². The molecule has 0 bridgehead atoms. The topological polar surface area (TPSA) is 55.2 Å². The Bertz CT molecular complexity index is 673. The largest absolute Gasteiger partial charge is 0.416 e. The first-order chi connectivity index (χ1) is 9.75. The van der Waals surface area contributed by atoms with Crippen LogP contribution in [0.25, 0.3) is 0 Å². The van der Waals surface area contributed by atoms with Crippen LogP contribution in [0.15, 0.2) is 29.6 Å². The van der Waals surface area contributed by atoms with Crippen molar-refractivity contribution in [2.45, 2.75) is 12.7 Å². The van der Waals surface area contributed by atoms with Crippen LogP contribution in [-0.4, -0.2) is 4.92 Å². The highest BCUT2D eigenvalue weighted by Gasteiger charge is 2.31. The van der Waals surface area contributed by atoms with Gasteiger partial charge in [-0.25, -0.2) is 0 Å². The smallest absolute Gasteiger partial charge is 0.381 e. The lowest BCUT2D eigenvalue weighted by Crippen LogP contribution is -2.06. The van der Waals surface area contributed by atoms with E-state index in [1.54, 1.807) is 5.38 Å². The van der Waals surface area contributed by atoms with Gasteiger partial charge in [0.25, 0.3) is 0 Å². The number of alkyl halides is 3. The number of hydrogen-bond donors (Lipinski definition) is 1. The molecule has 0 saturated heterocycles. The molecule has 0 saturated carbocycles. The lowest BCUT2D eigenvalue weighted by Gasteiger charge is -2.11. The summed E-state index contributed by atoms with van der Waals surface area (Å²) in [6, 6.07) is 4.50. The van der Waals surface area contributed by atoms with Gasteiger partial charge in [0.05, 0.1) is 10.5 Å². The maximum Gasteiger partial charge on any atom is 0.416 e. The fourth-order valence-electron chi connectivity index (χ4n) is 1.61. The monoisotopic (exact) mass is 336 g/mol. The van der Waals surface area contributed by atoms with Gasteiger partial charge in [-0.1, -0.05) is 22.9 Å². The summed E-state index contributed by atoms with van der Waals surface area (Å²) in [7, 11) is 0. The summed E-state index contributed by atoms with van der Waals surface area (Å²) in [5.74, 6) is 0. The first-order valence-electron chi connectivity index (χ1n) is 5.59. The molecule has 0 radical (unpaired) electrons. The maximum atomic E-state index is 12.6. The van der Waals surface area contributed by atoms with Crippen LogP contribution in [0.5, 0.6) is 0 Å². The van der Waals surface area contributed by atoms with Crippen LogP contribution in [-0.2, 0) is 12.7 Å². The van der Waals surface area contributed by atoms with Crippen LogP contribution in [0.1, 0.15) is 11.1 Å². The van der Waals surface area contributed by atoms with Crippen molar-refractivity contribution in [3.8, 4) is 0 Å². The minimum atomic E-state index is -4.48. The van der Waals surface area contributed by atoms with Gasteiger partial charge >= 0.3 is 11.2 Å². The third-order valence-electron chi connectivity index (χ3n) is 2.54. The second-order valence-corrected chi connectivity index (χ2v) is 5.46. The molecule has 0 aliphatic rings. The van der Waals surface area contributed by atoms with E-state index >= 15 is 0 Å². The summed E-state index contributed by atoms with van der Waals surface area (Å²) < 4.78 is 37.9. The Morgan fingerprint density at radius 3 is 2.57 bits per heavy atom. The second kappa shape index (κ2) is 5.90. The number of anilines is 1. The summed E-state index contributed by atoms with van der Waals surface area (Å²) in [5.41, 5.74) is -0.0438. The molecular weight excluding hydrogens is 329 g/mol. The van der Waals surface area contributed by atoms with E-state index in [0.717, 1.165) is 23.5 Å². The molecule has 0 fully saturated rings. The fourth-order valence-corrected chi connectivity index (χ4v) is 2.57. The average Bonchev–Trinajstić information content (AvgIpc) is 2.83. The van der Waals surface area contributed by atoms with E-state index in [-0.39, 0.29) is 22.3 Å². The molecule has 0 spiro atoms. The van der Waals surface area contributed by atoms with Crippen LogP contribution in [0, 0.1) is 10.1 Å². The van der Waals surface area contributed by atoms with E-state index in [0.29, 0.717) is 5.56 Å². The number of rotatable bonds is 4. The van der Waals surface area contributed by atoms with Crippen LogP contribution in [0.3, 0.4) is 0 Å². The molecule has 0 unspecified atom stereocenters. The zero-order valence-corrected chi connectivity index (χ0v) is 11.9. The van der Waals surface area contributed by atoms with Crippen molar-refractivity contribution < 1.29 is 18.1 Å². The zero-order valence-electron chi connectivity index (χ0n) is 10.3. The molecule has 1 heterocycles. The Hall–Kier alpha value is -1.80. The van der Waals surface area contributed by atoms with Gasteiger partial charge in [-0.15, -0.1) is 0 Å². The number of nitrogens with zero attached hydrogens (tertiary/aromatic N) is 1. The lowest BCUT2D eigenvalue weighted by atomic mass is 10.2. The summed E-state index contributed by atoms with van der Waals surface area (Å²) in [6.07, 6.45) is -4.48. The van der Waals surface area contributed by atoms with Crippen molar-refractivity contribution in [3.05, 3.63) is 55.9 Å². The molecule has 21 heavy (non-hydrogen) atoms. The minimum absolute atomic E-state index is 0.0196. The third kappa shape index (κ3) is 4.08. The number of thiophene rings is 1. The Morgan fingerprint density at radius 2 is 2.00 bits per heavy atom. The standard InChI is InChI=1S/C12H8ClF3N2O2S/c13-9-2-8(12(14,15)16)3-10(4-9)17-5-7-1-11(18(19)20)21-6-7/h1-4,6,17H,5H2. The van der Waals surface area contributed by atoms with E-state index < -0.39 is 16.7 Å². The van der Waals surface area contributed by atoms with Crippen molar-refractivity contribution in [1.82, 2.24) is 0 Å². The molecule has 0 aliphatic carbocycles. The van der Waals surface area contributed by atoms with E-state index in [1.165, 1.54) is 12.1 Å². The van der Waals surface area contributed by atoms with Gasteiger partial charge in [-0.05, 0) is 23.8 Å². The molecule has 9 heteroatoms. The van der Waals surface area contributed by atoms with Crippen molar-refractivity contribution in [3.63, 3.8) is 0 Å². The Kier molecular flexibility index (Phi) is 4.38. The third-order valence-corrected chi connectivity index (χ3v) is 3.69. The quantitative estimate of drug-likeness (QED) is 0.635. The van der Waals surface area contributed by atoms with Crippen molar-refractivity contribution in [2.24, 2.45) is 0 Å². The van der Waals surface area contributed by atoms with E-state index in [4.69, 9.17) is 11.6 Å². The van der Waals surface area contributed by atoms with Crippen molar-refractivity contribution in [2.75, 3.05) is 5.32 Å². The summed E-state index contributed by atoms with van der Waals surface area (Å²) in [5, 5.41) is 14.8. The summed E-state index contributed by atoms with van der Waals surface area (Å²) in [4.78, 5) is 10.0. The van der Waals surface area contributed by atoms with Crippen LogP contribution in [0.2, 0.25) is 5.02 Å². The first-order valence-corrected chi connectivity index (χ1v) is 6.85. The first kappa shape index (κ1) is 15.6. The highest BCUT2D eigenvalue weighted by Crippen LogP contribution is 2.33. The van der Waals surface area contributed by atoms with Gasteiger partial charge in [0, 0.05) is 28.7 Å². The predicted molar refractivity (Wildman–Crippen MR) is 74.8 cm³/mol. The highest BCUT2D eigenvalue weighted by molar-refractivity contribution is 7.13. The number of nitro groups is 1. The lowest BCUT2D eigenvalue weighted by molar-refractivity contribution is -0.380. The van der Waals surface area contributed by atoms with Gasteiger partial charge in [0.15, 0.2) is 0 Å². The Labute approximate surface area is 126 Å². The summed E-state index contributed by atoms with van der Waals surface area (Å²) >= 11 is 6.61. The molecule has 1 aromatic heterocycles. The van der Waals surface area contributed by atoms with Gasteiger partial charge in [-0.3, -0.25) is 10.1 Å². The average molecular weight is 337 g/mol. The van der Waals surface area contributed by atoms with E-state index in [2.05, 4.69) is 5.32 Å². The highest BCUT2D eigenvalue weighted by atomic mass is 35.5. The molecule has 1 N–H and O–H groups in total. The summed E-state index contributed by atoms with van der Waals surface area (Å²) in [6.45, 7) is 0.169. The SMILES string of the molecule is O=[N+]([O-])c1cc(CNc2cc(Cl)cc(C(F)(F)F)c2)cs1. The Balaban J connectivity index is 2.12. The molecule has 2 aromatic rings. The van der Waals surface area contributed by atoms with Crippen molar-refractivity contribution >= 4 is 33.6 Å². The minimum Gasteiger partial charge on any atom is -0.381 e. The molecule has 4 nitrogen and oxygen atoms in total. The second-order valence-electron chi connectivity index (χ2n) is 4.13. The van der Waals surface area contributed by atoms with Gasteiger partial charge < -0.3 is 5.32 Å². The zero-order chi connectivity index (χ0) is 15.6. The Morgan fingerprint density at radius 1 is 1.29 bits per heavy atom. The normalized spacial score (nSPS) is 11.4. The fraction of sp³-hybridized carbons (Fsp3) is 0.167. The molecule has 112 valence electrons. The van der Waals surface area contributed by atoms with E-state index in [9.17, 15) is 23.3 Å². The number of benzene rings is 1. The van der Waals surface area contributed by atoms with Crippen LogP contribution in [0.4, 0.5) is 23.9 Å². The molecule has 0 amide bonds. The van der Waals surface area contributed by atoms with Gasteiger partial charge in [0.1, 0.15) is 0 Å². The molecule has 2 rings (SSSR count). The van der Waals surface area contributed by atoms with Crippen LogP contribution < -0.4 is 5.32 Å². The molecular formula is C12H8ClF3N2O2S.